The molecule has 1 aromatic heterocycles. The number of pyridine rings is 1. The number of carbonyl (C=O) groups is 2. The summed E-state index contributed by atoms with van der Waals surface area (Å²) in [6.07, 6.45) is -2.41. The number of aromatic nitrogens is 1. The molecule has 0 unspecified atom stereocenters. The summed E-state index contributed by atoms with van der Waals surface area (Å²) in [5.41, 5.74) is 0.350. The van der Waals surface area contributed by atoms with Crippen molar-refractivity contribution in [2.45, 2.75) is 45.6 Å². The monoisotopic (exact) mass is 391 g/mol. The van der Waals surface area contributed by atoms with Crippen molar-refractivity contribution in [1.29, 1.82) is 0 Å². The largest absolute Gasteiger partial charge is 0.381 e. The van der Waals surface area contributed by atoms with E-state index in [-0.39, 0.29) is 24.2 Å². The minimum absolute atomic E-state index is 0.142. The molecule has 0 spiro atoms. The Bertz CT molecular complexity index is 864. The van der Waals surface area contributed by atoms with Crippen molar-refractivity contribution in [3.05, 3.63) is 53.2 Å². The topological polar surface area (TPSA) is 91.3 Å². The molecule has 6 nitrogen and oxygen atoms in total. The number of rotatable bonds is 7. The molecular weight excluding hydrogens is 368 g/mol. The molecule has 8 heteroatoms. The lowest BCUT2D eigenvalue weighted by atomic mass is 10.1. The summed E-state index contributed by atoms with van der Waals surface area (Å²) in [6.45, 7) is 4.35. The van der Waals surface area contributed by atoms with Crippen molar-refractivity contribution in [2.75, 3.05) is 10.6 Å². The zero-order valence-corrected chi connectivity index (χ0v) is 15.9. The van der Waals surface area contributed by atoms with Crippen molar-refractivity contribution in [3.8, 4) is 0 Å². The number of halogens is 2. The van der Waals surface area contributed by atoms with Gasteiger partial charge >= 0.3 is 0 Å². The van der Waals surface area contributed by atoms with Gasteiger partial charge in [0.15, 0.2) is 0 Å². The maximum absolute atomic E-state index is 12.6. The minimum Gasteiger partial charge on any atom is -0.381 e. The fourth-order valence-electron chi connectivity index (χ4n) is 2.42. The number of aryl methyl sites for hydroxylation is 2. The third kappa shape index (κ3) is 6.38. The van der Waals surface area contributed by atoms with Gasteiger partial charge in [0.1, 0.15) is 11.4 Å². The molecule has 0 aliphatic carbocycles. The highest BCUT2D eigenvalue weighted by atomic mass is 19.3. The summed E-state index contributed by atoms with van der Waals surface area (Å²) in [7, 11) is 0. The number of benzene rings is 1. The van der Waals surface area contributed by atoms with Crippen molar-refractivity contribution in [1.82, 2.24) is 4.98 Å². The molecule has 1 aromatic carbocycles. The zero-order valence-electron chi connectivity index (χ0n) is 15.9. The van der Waals surface area contributed by atoms with Crippen LogP contribution >= 0.6 is 0 Å². The van der Waals surface area contributed by atoms with E-state index < -0.39 is 23.8 Å². The van der Waals surface area contributed by atoms with Crippen LogP contribution in [0.5, 0.6) is 0 Å². The van der Waals surface area contributed by atoms with Crippen LogP contribution in [0.25, 0.3) is 0 Å². The van der Waals surface area contributed by atoms with Gasteiger partial charge in [-0.15, -0.1) is 0 Å². The number of anilines is 2. The number of nitrogens with zero attached hydrogens (tertiary/aromatic N) is 1. The number of carbonyl (C=O) groups excluding carboxylic acids is 2. The minimum atomic E-state index is -2.38. The highest BCUT2D eigenvalue weighted by molar-refractivity contribution is 6.05. The molecule has 3 N–H and O–H groups in total. The Morgan fingerprint density at radius 3 is 2.54 bits per heavy atom. The first kappa shape index (κ1) is 21.4. The first-order valence-corrected chi connectivity index (χ1v) is 8.75. The van der Waals surface area contributed by atoms with Gasteiger partial charge in [-0.2, -0.15) is 0 Å². The van der Waals surface area contributed by atoms with Crippen molar-refractivity contribution in [3.63, 3.8) is 0 Å². The number of aliphatic hydroxyl groups is 1. The molecule has 0 bridgehead atoms. The molecule has 150 valence electrons. The Morgan fingerprint density at radius 1 is 1.18 bits per heavy atom. The van der Waals surface area contributed by atoms with Gasteiger partial charge in [-0.1, -0.05) is 12.1 Å². The Balaban J connectivity index is 2.14. The molecule has 0 fully saturated rings. The fourth-order valence-corrected chi connectivity index (χ4v) is 2.42. The van der Waals surface area contributed by atoms with E-state index in [1.54, 1.807) is 37.3 Å². The number of alkyl halides is 2. The Morgan fingerprint density at radius 2 is 1.89 bits per heavy atom. The second-order valence-electron chi connectivity index (χ2n) is 6.98. The number of hydrogen-bond donors (Lipinski definition) is 3. The van der Waals surface area contributed by atoms with Crippen LogP contribution in [0.3, 0.4) is 0 Å². The van der Waals surface area contributed by atoms with Gasteiger partial charge in [0.2, 0.25) is 6.43 Å². The van der Waals surface area contributed by atoms with Crippen LogP contribution in [0.15, 0.2) is 36.4 Å². The number of hydrogen-bond acceptors (Lipinski definition) is 4. The predicted molar refractivity (Wildman–Crippen MR) is 103 cm³/mol. The molecule has 1 heterocycles. The molecule has 0 aliphatic rings. The normalized spacial score (nSPS) is 11.4. The highest BCUT2D eigenvalue weighted by Crippen LogP contribution is 2.17. The zero-order chi connectivity index (χ0) is 20.9. The maximum Gasteiger partial charge on any atom is 0.256 e. The maximum atomic E-state index is 12.6. The second kappa shape index (κ2) is 8.88. The smallest absolute Gasteiger partial charge is 0.256 e. The van der Waals surface area contributed by atoms with E-state index in [0.717, 1.165) is 0 Å². The van der Waals surface area contributed by atoms with E-state index in [1.165, 1.54) is 19.9 Å². The third-order valence-corrected chi connectivity index (χ3v) is 3.85. The van der Waals surface area contributed by atoms with Crippen LogP contribution in [0.4, 0.5) is 20.3 Å². The Kier molecular flexibility index (Phi) is 6.80. The lowest BCUT2D eigenvalue weighted by Crippen LogP contribution is -2.37. The van der Waals surface area contributed by atoms with E-state index in [0.29, 0.717) is 16.9 Å². The van der Waals surface area contributed by atoms with Crippen LogP contribution in [0.2, 0.25) is 0 Å². The van der Waals surface area contributed by atoms with Gasteiger partial charge in [0, 0.05) is 23.4 Å². The second-order valence-corrected chi connectivity index (χ2v) is 6.98. The lowest BCUT2D eigenvalue weighted by molar-refractivity contribution is -0.130. The van der Waals surface area contributed by atoms with Crippen molar-refractivity contribution in [2.24, 2.45) is 0 Å². The fraction of sp³-hybridized carbons (Fsp3) is 0.350. The number of amides is 2. The summed E-state index contributed by atoms with van der Waals surface area (Å²) in [6, 6.07) is 9.66. The SMILES string of the molecule is Cc1cc(C(=O)Nc2cccc(CCC(F)F)c2)cc(NC(=O)C(C)(C)O)n1. The number of nitrogens with one attached hydrogen (secondary N) is 2. The molecule has 0 radical (unpaired) electrons. The summed E-state index contributed by atoms with van der Waals surface area (Å²) in [5.74, 6) is -0.943. The average molecular weight is 391 g/mol. The van der Waals surface area contributed by atoms with Crippen LogP contribution in [-0.2, 0) is 11.2 Å². The molecular formula is C20H23F2N3O3. The molecule has 2 amide bonds. The van der Waals surface area contributed by atoms with Crippen molar-refractivity contribution < 1.29 is 23.5 Å². The van der Waals surface area contributed by atoms with Gasteiger partial charge in [-0.3, -0.25) is 9.59 Å². The van der Waals surface area contributed by atoms with E-state index in [4.69, 9.17) is 0 Å². The molecule has 0 saturated heterocycles. The lowest BCUT2D eigenvalue weighted by Gasteiger charge is -2.16. The summed E-state index contributed by atoms with van der Waals surface area (Å²) in [5, 5.41) is 14.9. The average Bonchev–Trinajstić information content (AvgIpc) is 2.59. The van der Waals surface area contributed by atoms with E-state index in [1.807, 2.05) is 0 Å². The summed E-state index contributed by atoms with van der Waals surface area (Å²) in [4.78, 5) is 28.6. The van der Waals surface area contributed by atoms with Crippen LogP contribution < -0.4 is 10.6 Å². The molecule has 0 aliphatic heterocycles. The van der Waals surface area contributed by atoms with Crippen LogP contribution in [0.1, 0.15) is 41.9 Å². The first-order valence-electron chi connectivity index (χ1n) is 8.75. The Labute approximate surface area is 162 Å². The quantitative estimate of drug-likeness (QED) is 0.673. The van der Waals surface area contributed by atoms with E-state index in [9.17, 15) is 23.5 Å². The Hall–Kier alpha value is -2.87. The van der Waals surface area contributed by atoms with Gasteiger partial charge in [-0.05, 0) is 57.0 Å². The van der Waals surface area contributed by atoms with E-state index >= 15 is 0 Å². The highest BCUT2D eigenvalue weighted by Gasteiger charge is 2.24. The molecule has 0 saturated carbocycles. The van der Waals surface area contributed by atoms with Crippen LogP contribution in [0, 0.1) is 6.92 Å². The molecule has 2 rings (SSSR count). The van der Waals surface area contributed by atoms with Crippen LogP contribution in [-0.4, -0.2) is 33.9 Å². The van der Waals surface area contributed by atoms with Gasteiger partial charge in [-0.25, -0.2) is 13.8 Å². The van der Waals surface area contributed by atoms with E-state index in [2.05, 4.69) is 15.6 Å². The summed E-state index contributed by atoms with van der Waals surface area (Å²) >= 11 is 0. The van der Waals surface area contributed by atoms with Gasteiger partial charge in [0.05, 0.1) is 0 Å². The third-order valence-electron chi connectivity index (χ3n) is 3.85. The molecule has 28 heavy (non-hydrogen) atoms. The standard InChI is InChI=1S/C20H23F2N3O3/c1-12-9-14(11-17(23-12)25-19(27)20(2,3)28)18(26)24-15-6-4-5-13(10-15)7-8-16(21)22/h4-6,9-11,16,28H,7-8H2,1-3H3,(H,24,26)(H,23,25,27). The van der Waals surface area contributed by atoms with Gasteiger partial charge < -0.3 is 15.7 Å². The summed E-state index contributed by atoms with van der Waals surface area (Å²) < 4.78 is 24.7. The first-order chi connectivity index (χ1) is 13.0. The van der Waals surface area contributed by atoms with Gasteiger partial charge in [0.25, 0.3) is 11.8 Å². The predicted octanol–water partition coefficient (Wildman–Crippen LogP) is 3.55. The molecule has 2 aromatic rings. The molecule has 0 atom stereocenters. The van der Waals surface area contributed by atoms with Crippen molar-refractivity contribution >= 4 is 23.3 Å².